The first-order chi connectivity index (χ1) is 34.0. The number of hydrogen-bond acceptors (Lipinski definition) is 0. The van der Waals surface area contributed by atoms with E-state index in [9.17, 15) is 13.2 Å². The molecule has 2 nitrogen and oxygen atoms in total. The number of halogens is 6. The molecule has 0 radical (unpaired) electrons. The second kappa shape index (κ2) is 16.6. The van der Waals surface area contributed by atoms with Gasteiger partial charge in [-0.2, -0.15) is 26.3 Å². The Morgan fingerprint density at radius 2 is 0.543 bits per heavy atom. The van der Waals surface area contributed by atoms with Crippen molar-refractivity contribution < 1.29 is 26.3 Å². The molecule has 2 heterocycles. The maximum Gasteiger partial charge on any atom is 0.416 e. The number of benzene rings is 10. The van der Waals surface area contributed by atoms with Gasteiger partial charge in [-0.05, 0) is 123 Å². The normalized spacial score (nSPS) is 12.1. The van der Waals surface area contributed by atoms with E-state index in [-0.39, 0.29) is 22.5 Å². The van der Waals surface area contributed by atoms with Crippen LogP contribution in [0, 0.1) is 0 Å². The second-order valence-electron chi connectivity index (χ2n) is 17.5. The first-order valence-corrected chi connectivity index (χ1v) is 22.8. The zero-order chi connectivity index (χ0) is 47.7. The van der Waals surface area contributed by atoms with Crippen LogP contribution in [0.4, 0.5) is 26.3 Å². The highest BCUT2D eigenvalue weighted by atomic mass is 19.4. The van der Waals surface area contributed by atoms with E-state index in [1.807, 2.05) is 194 Å². The van der Waals surface area contributed by atoms with Crippen LogP contribution in [0.1, 0.15) is 11.1 Å². The third kappa shape index (κ3) is 7.40. The van der Waals surface area contributed by atoms with Crippen molar-refractivity contribution in [2.45, 2.75) is 12.4 Å². The van der Waals surface area contributed by atoms with Crippen LogP contribution in [-0.4, -0.2) is 9.13 Å². The zero-order valence-electron chi connectivity index (χ0n) is 37.1. The van der Waals surface area contributed by atoms with E-state index in [0.717, 1.165) is 90.3 Å². The third-order valence-corrected chi connectivity index (χ3v) is 13.3. The van der Waals surface area contributed by atoms with Crippen molar-refractivity contribution in [2.75, 3.05) is 0 Å². The summed E-state index contributed by atoms with van der Waals surface area (Å²) < 4.78 is 95.6. The van der Waals surface area contributed by atoms with Gasteiger partial charge in [0.2, 0.25) is 0 Å². The molecule has 12 aromatic rings. The lowest BCUT2D eigenvalue weighted by Crippen LogP contribution is -2.11. The second-order valence-corrected chi connectivity index (χ2v) is 17.5. The number of alkyl halides is 6. The van der Waals surface area contributed by atoms with Gasteiger partial charge in [0, 0.05) is 27.1 Å². The van der Waals surface area contributed by atoms with Gasteiger partial charge in [0.15, 0.2) is 0 Å². The predicted molar refractivity (Wildman–Crippen MR) is 272 cm³/mol. The highest BCUT2D eigenvalue weighted by Gasteiger charge is 2.36. The Morgan fingerprint density at radius 3 is 0.843 bits per heavy atom. The number of hydrogen-bond donors (Lipinski definition) is 0. The Labute approximate surface area is 398 Å². The lowest BCUT2D eigenvalue weighted by Gasteiger charge is -2.23. The van der Waals surface area contributed by atoms with Crippen LogP contribution in [0.25, 0.3) is 111 Å². The maximum atomic E-state index is 15.8. The molecule has 0 bridgehead atoms. The molecule has 12 rings (SSSR count). The Kier molecular flexibility index (Phi) is 10.1. The highest BCUT2D eigenvalue weighted by Crippen LogP contribution is 2.48. The Balaban J connectivity index is 1.23. The molecule has 0 aliphatic rings. The smallest absolute Gasteiger partial charge is 0.309 e. The van der Waals surface area contributed by atoms with Crippen molar-refractivity contribution in [3.05, 3.63) is 242 Å². The van der Waals surface area contributed by atoms with Gasteiger partial charge in [0.05, 0.1) is 44.6 Å². The van der Waals surface area contributed by atoms with Gasteiger partial charge in [-0.3, -0.25) is 0 Å². The van der Waals surface area contributed by atoms with Gasteiger partial charge in [0.1, 0.15) is 0 Å². The Bertz CT molecular complexity index is 3530. The van der Waals surface area contributed by atoms with Crippen LogP contribution >= 0.6 is 0 Å². The average molecular weight is 925 g/mol. The average Bonchev–Trinajstić information content (AvgIpc) is 3.90. The van der Waals surface area contributed by atoms with E-state index in [1.54, 1.807) is 15.2 Å². The molecule has 0 unspecified atom stereocenters. The molecule has 0 aliphatic heterocycles. The molecular formula is C62H38F6N2. The first-order valence-electron chi connectivity index (χ1n) is 22.8. The van der Waals surface area contributed by atoms with Crippen molar-refractivity contribution in [1.29, 1.82) is 0 Å². The molecule has 0 N–H and O–H groups in total. The Hall–Kier alpha value is -8.62. The first kappa shape index (κ1) is 42.7. The third-order valence-electron chi connectivity index (χ3n) is 13.3. The SMILES string of the molecule is FC(F)(F)c1cccc(-c2c(-n3c4ccc(-c5ccccc5)cc4c4cc(-c5ccccc5)ccc43)cc(C(F)(F)F)cc2-n2c3ccc(-c4ccccc4)cc3c3cc(-c4ccccc4)ccc32)c1. The van der Waals surface area contributed by atoms with Crippen molar-refractivity contribution in [2.24, 2.45) is 0 Å². The molecule has 2 aromatic heterocycles. The lowest BCUT2D eigenvalue weighted by atomic mass is 9.96. The zero-order valence-corrected chi connectivity index (χ0v) is 37.1. The highest BCUT2D eigenvalue weighted by molar-refractivity contribution is 6.14. The molecule has 0 saturated heterocycles. The van der Waals surface area contributed by atoms with Gasteiger partial charge in [-0.1, -0.05) is 158 Å². The summed E-state index contributed by atoms with van der Waals surface area (Å²) in [5.41, 5.74) is 8.28. The minimum absolute atomic E-state index is 0.0703. The molecule has 70 heavy (non-hydrogen) atoms. The minimum Gasteiger partial charge on any atom is -0.309 e. The van der Waals surface area contributed by atoms with Crippen molar-refractivity contribution in [1.82, 2.24) is 9.13 Å². The summed E-state index contributed by atoms with van der Waals surface area (Å²) in [5.74, 6) is 0. The van der Waals surface area contributed by atoms with Crippen molar-refractivity contribution in [3.8, 4) is 67.0 Å². The van der Waals surface area contributed by atoms with Gasteiger partial charge >= 0.3 is 12.4 Å². The molecule has 0 amide bonds. The van der Waals surface area contributed by atoms with Gasteiger partial charge in [0.25, 0.3) is 0 Å². The van der Waals surface area contributed by atoms with E-state index in [4.69, 9.17) is 0 Å². The molecule has 0 fully saturated rings. The summed E-state index contributed by atoms with van der Waals surface area (Å²) in [4.78, 5) is 0. The molecule has 0 aliphatic carbocycles. The van der Waals surface area contributed by atoms with Crippen LogP contribution in [0.2, 0.25) is 0 Å². The van der Waals surface area contributed by atoms with Gasteiger partial charge in [-0.25, -0.2) is 0 Å². The number of fused-ring (bicyclic) bond motifs is 6. The van der Waals surface area contributed by atoms with E-state index >= 15 is 13.2 Å². The monoisotopic (exact) mass is 924 g/mol. The molecule has 338 valence electrons. The molecule has 0 spiro atoms. The van der Waals surface area contributed by atoms with Crippen LogP contribution in [0.5, 0.6) is 0 Å². The summed E-state index contributed by atoms with van der Waals surface area (Å²) in [7, 11) is 0. The van der Waals surface area contributed by atoms with Crippen LogP contribution in [0.3, 0.4) is 0 Å². The quantitative estimate of drug-likeness (QED) is 0.141. The lowest BCUT2D eigenvalue weighted by molar-refractivity contribution is -0.138. The minimum atomic E-state index is -4.87. The predicted octanol–water partition coefficient (Wildman–Crippen LogP) is 18.3. The van der Waals surface area contributed by atoms with E-state index < -0.39 is 23.5 Å². The topological polar surface area (TPSA) is 9.86 Å². The summed E-state index contributed by atoms with van der Waals surface area (Å²) in [6.07, 6.45) is -9.61. The standard InChI is InChI=1S/C62H38F6N2/c63-61(64,65)48-23-13-22-47(32-48)60-58(69-54-28-24-43(39-14-5-1-6-15-39)33-50(54)51-34-44(25-29-55(51)69)40-16-7-2-8-17-40)37-49(62(66,67)68)38-59(60)70-56-30-26-45(41-18-9-3-10-19-41)35-52(56)53-36-46(27-31-57(53)70)42-20-11-4-12-21-42/h1-38H. The van der Waals surface area contributed by atoms with Crippen molar-refractivity contribution >= 4 is 43.6 Å². The van der Waals surface area contributed by atoms with E-state index in [1.165, 1.54) is 6.07 Å². The summed E-state index contributed by atoms with van der Waals surface area (Å²) in [5, 5.41) is 3.06. The van der Waals surface area contributed by atoms with E-state index in [0.29, 0.717) is 22.1 Å². The summed E-state index contributed by atoms with van der Waals surface area (Å²) in [6.45, 7) is 0. The maximum absolute atomic E-state index is 15.8. The van der Waals surface area contributed by atoms with Crippen molar-refractivity contribution in [3.63, 3.8) is 0 Å². The number of rotatable bonds is 7. The Morgan fingerprint density at radius 1 is 0.243 bits per heavy atom. The van der Waals surface area contributed by atoms with Gasteiger partial charge in [-0.15, -0.1) is 0 Å². The fraction of sp³-hybridized carbons (Fsp3) is 0.0323. The molecule has 10 aromatic carbocycles. The van der Waals surface area contributed by atoms with E-state index in [2.05, 4.69) is 0 Å². The van der Waals surface area contributed by atoms with Crippen LogP contribution < -0.4 is 0 Å². The number of aromatic nitrogens is 2. The fourth-order valence-corrected chi connectivity index (χ4v) is 10.1. The van der Waals surface area contributed by atoms with Gasteiger partial charge < -0.3 is 9.13 Å². The fourth-order valence-electron chi connectivity index (χ4n) is 10.1. The summed E-state index contributed by atoms with van der Waals surface area (Å²) >= 11 is 0. The van der Waals surface area contributed by atoms with Crippen LogP contribution in [-0.2, 0) is 12.4 Å². The summed E-state index contributed by atoms with van der Waals surface area (Å²) in [6, 6.07) is 69.8. The molecule has 8 heteroatoms. The molecular weight excluding hydrogens is 887 g/mol. The molecule has 0 atom stereocenters. The number of nitrogens with zero attached hydrogens (tertiary/aromatic N) is 2. The largest absolute Gasteiger partial charge is 0.416 e. The van der Waals surface area contributed by atoms with Crippen LogP contribution in [0.15, 0.2) is 231 Å². The molecule has 0 saturated carbocycles.